The van der Waals surface area contributed by atoms with Crippen molar-refractivity contribution < 1.29 is 9.90 Å². The quantitative estimate of drug-likeness (QED) is 0.459. The number of phenols is 1. The molecule has 4 nitrogen and oxygen atoms in total. The molecule has 2 aromatic rings. The third-order valence-corrected chi connectivity index (χ3v) is 3.35. The van der Waals surface area contributed by atoms with Gasteiger partial charge in [-0.1, -0.05) is 35.9 Å². The number of anilines is 1. The summed E-state index contributed by atoms with van der Waals surface area (Å²) in [6.45, 7) is 3.90. The van der Waals surface area contributed by atoms with Crippen LogP contribution < -0.4 is 10.6 Å². The van der Waals surface area contributed by atoms with Crippen LogP contribution in [-0.2, 0) is 4.79 Å². The van der Waals surface area contributed by atoms with Crippen LogP contribution in [0.2, 0.25) is 0 Å². The van der Waals surface area contributed by atoms with Crippen LogP contribution in [0, 0.1) is 13.8 Å². The number of nitrogens with one attached hydrogen (secondary N) is 2. The molecular weight excluding hydrogens is 308 g/mol. The predicted molar refractivity (Wildman–Crippen MR) is 97.4 cm³/mol. The van der Waals surface area contributed by atoms with Crippen LogP contribution in [0.4, 0.5) is 5.69 Å². The Kier molecular flexibility index (Phi) is 5.49. The summed E-state index contributed by atoms with van der Waals surface area (Å²) in [5.74, 6) is -0.266. The molecule has 0 atom stereocenters. The number of carbonyl (C=O) groups excluding carboxylic acids is 1. The van der Waals surface area contributed by atoms with Crippen molar-refractivity contribution in [2.45, 2.75) is 13.8 Å². The number of hydrogen-bond donors (Lipinski definition) is 3. The van der Waals surface area contributed by atoms with Gasteiger partial charge in [0.25, 0.3) is 0 Å². The van der Waals surface area contributed by atoms with E-state index in [0.717, 1.165) is 16.7 Å². The van der Waals surface area contributed by atoms with Crippen LogP contribution in [0.3, 0.4) is 0 Å². The topological polar surface area (TPSA) is 61.4 Å². The van der Waals surface area contributed by atoms with Crippen molar-refractivity contribution in [3.63, 3.8) is 0 Å². The first-order chi connectivity index (χ1) is 10.9. The van der Waals surface area contributed by atoms with Gasteiger partial charge in [0.05, 0.1) is 5.69 Å². The summed E-state index contributed by atoms with van der Waals surface area (Å²) >= 11 is 5.08. The predicted octanol–water partition coefficient (Wildman–Crippen LogP) is 3.54. The number of carbonyl (C=O) groups is 1. The number of benzene rings is 2. The average Bonchev–Trinajstić information content (AvgIpc) is 2.50. The molecule has 0 spiro atoms. The minimum Gasteiger partial charge on any atom is -0.506 e. The van der Waals surface area contributed by atoms with Crippen LogP contribution in [0.1, 0.15) is 16.7 Å². The number of aromatic hydroxyl groups is 1. The Balaban J connectivity index is 1.93. The zero-order valence-electron chi connectivity index (χ0n) is 13.0. The van der Waals surface area contributed by atoms with Gasteiger partial charge in [0, 0.05) is 6.08 Å². The van der Waals surface area contributed by atoms with E-state index < -0.39 is 0 Å². The van der Waals surface area contributed by atoms with Crippen molar-refractivity contribution in [1.29, 1.82) is 0 Å². The lowest BCUT2D eigenvalue weighted by Crippen LogP contribution is -2.32. The van der Waals surface area contributed by atoms with E-state index in [2.05, 4.69) is 10.6 Å². The molecule has 0 unspecified atom stereocenters. The van der Waals surface area contributed by atoms with Gasteiger partial charge in [-0.3, -0.25) is 10.1 Å². The van der Waals surface area contributed by atoms with Crippen molar-refractivity contribution in [2.75, 3.05) is 5.32 Å². The summed E-state index contributed by atoms with van der Waals surface area (Å²) in [5.41, 5.74) is 3.52. The smallest absolute Gasteiger partial charge is 0.250 e. The number of thiocarbonyl (C=S) groups is 1. The number of aryl methyl sites for hydroxylation is 2. The van der Waals surface area contributed by atoms with Crippen LogP contribution in [0.15, 0.2) is 48.5 Å². The second-order valence-electron chi connectivity index (χ2n) is 5.21. The molecule has 0 saturated heterocycles. The Hall–Kier alpha value is -2.66. The first-order valence-electron chi connectivity index (χ1n) is 7.10. The van der Waals surface area contributed by atoms with Gasteiger partial charge in [-0.15, -0.1) is 0 Å². The average molecular weight is 326 g/mol. The first kappa shape index (κ1) is 16.7. The summed E-state index contributed by atoms with van der Waals surface area (Å²) in [6.07, 6.45) is 3.12. The highest BCUT2D eigenvalue weighted by Gasteiger charge is 2.05. The molecule has 2 aromatic carbocycles. The maximum atomic E-state index is 11.8. The summed E-state index contributed by atoms with van der Waals surface area (Å²) in [7, 11) is 0. The number of phenolic OH excluding ortho intramolecular Hbond substituents is 1. The zero-order valence-corrected chi connectivity index (χ0v) is 13.8. The molecule has 118 valence electrons. The monoisotopic (exact) mass is 326 g/mol. The van der Waals surface area contributed by atoms with Crippen molar-refractivity contribution >= 4 is 35.0 Å². The molecule has 0 aliphatic rings. The Labute approximate surface area is 140 Å². The van der Waals surface area contributed by atoms with E-state index in [9.17, 15) is 9.90 Å². The molecule has 0 aliphatic carbocycles. The SMILES string of the molecule is Cc1ccc(/C=C/C(=O)NC(=S)Nc2cc(C)ccc2O)cc1. The van der Waals surface area contributed by atoms with Gasteiger partial charge in [-0.05, 0) is 55.4 Å². The van der Waals surface area contributed by atoms with Gasteiger partial charge < -0.3 is 10.4 Å². The molecule has 0 fully saturated rings. The lowest BCUT2D eigenvalue weighted by molar-refractivity contribution is -0.115. The minimum absolute atomic E-state index is 0.0717. The lowest BCUT2D eigenvalue weighted by Gasteiger charge is -2.10. The lowest BCUT2D eigenvalue weighted by atomic mass is 10.1. The van der Waals surface area contributed by atoms with E-state index in [0.29, 0.717) is 5.69 Å². The maximum Gasteiger partial charge on any atom is 0.250 e. The van der Waals surface area contributed by atoms with Gasteiger partial charge in [-0.25, -0.2) is 0 Å². The summed E-state index contributed by atoms with van der Waals surface area (Å²) in [6, 6.07) is 12.9. The van der Waals surface area contributed by atoms with E-state index in [1.165, 1.54) is 6.08 Å². The molecule has 0 aliphatic heterocycles. The molecule has 0 heterocycles. The van der Waals surface area contributed by atoms with Gasteiger partial charge in [-0.2, -0.15) is 0 Å². The van der Waals surface area contributed by atoms with Crippen LogP contribution >= 0.6 is 12.2 Å². The first-order valence-corrected chi connectivity index (χ1v) is 7.51. The van der Waals surface area contributed by atoms with E-state index in [4.69, 9.17) is 12.2 Å². The van der Waals surface area contributed by atoms with Crippen LogP contribution in [0.25, 0.3) is 6.08 Å². The van der Waals surface area contributed by atoms with Crippen molar-refractivity contribution in [3.8, 4) is 5.75 Å². The van der Waals surface area contributed by atoms with Crippen molar-refractivity contribution in [3.05, 3.63) is 65.2 Å². The van der Waals surface area contributed by atoms with Crippen LogP contribution in [0.5, 0.6) is 5.75 Å². The molecule has 3 N–H and O–H groups in total. The fourth-order valence-electron chi connectivity index (χ4n) is 1.91. The fraction of sp³-hybridized carbons (Fsp3) is 0.111. The normalized spacial score (nSPS) is 10.5. The molecule has 0 radical (unpaired) electrons. The minimum atomic E-state index is -0.338. The highest BCUT2D eigenvalue weighted by molar-refractivity contribution is 7.80. The second-order valence-corrected chi connectivity index (χ2v) is 5.62. The molecule has 0 bridgehead atoms. The third kappa shape index (κ3) is 5.23. The Morgan fingerprint density at radius 3 is 2.43 bits per heavy atom. The number of amides is 1. The second kappa shape index (κ2) is 7.56. The molecule has 0 saturated carbocycles. The molecule has 5 heteroatoms. The maximum absolute atomic E-state index is 11.8. The van der Waals surface area contributed by atoms with E-state index in [1.54, 1.807) is 24.3 Å². The van der Waals surface area contributed by atoms with Gasteiger partial charge >= 0.3 is 0 Å². The summed E-state index contributed by atoms with van der Waals surface area (Å²) in [5, 5.41) is 15.2. The summed E-state index contributed by atoms with van der Waals surface area (Å²) < 4.78 is 0. The Bertz CT molecular complexity index is 752. The van der Waals surface area contributed by atoms with E-state index in [-0.39, 0.29) is 16.8 Å². The van der Waals surface area contributed by atoms with Crippen molar-refractivity contribution in [2.24, 2.45) is 0 Å². The fourth-order valence-corrected chi connectivity index (χ4v) is 2.12. The zero-order chi connectivity index (χ0) is 16.8. The van der Waals surface area contributed by atoms with Crippen molar-refractivity contribution in [1.82, 2.24) is 5.32 Å². The van der Waals surface area contributed by atoms with Gasteiger partial charge in [0.1, 0.15) is 5.75 Å². The molecule has 2 rings (SSSR count). The highest BCUT2D eigenvalue weighted by atomic mass is 32.1. The van der Waals surface area contributed by atoms with E-state index >= 15 is 0 Å². The number of rotatable bonds is 3. The standard InChI is InChI=1S/C18H18N2O2S/c1-12-3-6-14(7-4-12)8-10-17(22)20-18(23)19-15-11-13(2)5-9-16(15)21/h3-11,21H,1-2H3,(H2,19,20,22,23)/b10-8+. The van der Waals surface area contributed by atoms with Gasteiger partial charge in [0.15, 0.2) is 5.11 Å². The molecule has 1 amide bonds. The van der Waals surface area contributed by atoms with Crippen LogP contribution in [-0.4, -0.2) is 16.1 Å². The third-order valence-electron chi connectivity index (χ3n) is 3.14. The van der Waals surface area contributed by atoms with E-state index in [1.807, 2.05) is 38.1 Å². The highest BCUT2D eigenvalue weighted by Crippen LogP contribution is 2.23. The van der Waals surface area contributed by atoms with Gasteiger partial charge in [0.2, 0.25) is 5.91 Å². The largest absolute Gasteiger partial charge is 0.506 e. The molecular formula is C18H18N2O2S. The Morgan fingerprint density at radius 2 is 1.74 bits per heavy atom. The molecule has 23 heavy (non-hydrogen) atoms. The number of hydrogen-bond acceptors (Lipinski definition) is 3. The summed E-state index contributed by atoms with van der Waals surface area (Å²) in [4.78, 5) is 11.8. The molecule has 0 aromatic heterocycles. The Morgan fingerprint density at radius 1 is 1.09 bits per heavy atom.